The summed E-state index contributed by atoms with van der Waals surface area (Å²) in [5.74, 6) is 0. The molecule has 8 rings (SSSR count). The van der Waals surface area contributed by atoms with E-state index in [1.165, 1.54) is 0 Å². The second-order valence-electron chi connectivity index (χ2n) is 10.4. The van der Waals surface area contributed by atoms with Gasteiger partial charge in [-0.05, 0) is 60.2 Å². The molecule has 0 fully saturated rings. The SMILES string of the molecule is [C-]#[N+]c1cccc(-n2c3ccccc3c3c(-c4cccc5c6cc(C#N)ccc6n(-c6ccccc6)c45)cccc32)c1. The molecule has 8 aromatic rings. The van der Waals surface area contributed by atoms with Gasteiger partial charge in [-0.1, -0.05) is 78.9 Å². The fraction of sp³-hybridized carbons (Fsp3) is 0. The number of hydrogen-bond donors (Lipinski definition) is 0. The highest BCUT2D eigenvalue weighted by Gasteiger charge is 2.21. The van der Waals surface area contributed by atoms with E-state index in [1.54, 1.807) is 0 Å². The molecule has 0 atom stereocenters. The van der Waals surface area contributed by atoms with E-state index in [0.717, 1.165) is 66.1 Å². The Morgan fingerprint density at radius 1 is 0.548 bits per heavy atom. The van der Waals surface area contributed by atoms with Gasteiger partial charge in [0.05, 0.1) is 40.3 Å². The maximum absolute atomic E-state index is 9.70. The van der Waals surface area contributed by atoms with Crippen LogP contribution in [0.2, 0.25) is 0 Å². The lowest BCUT2D eigenvalue weighted by Gasteiger charge is -2.13. The van der Waals surface area contributed by atoms with Crippen molar-refractivity contribution < 1.29 is 0 Å². The van der Waals surface area contributed by atoms with Crippen LogP contribution in [0.4, 0.5) is 5.69 Å². The van der Waals surface area contributed by atoms with Crippen LogP contribution in [0.5, 0.6) is 0 Å². The summed E-state index contributed by atoms with van der Waals surface area (Å²) in [4.78, 5) is 3.69. The van der Waals surface area contributed by atoms with E-state index in [-0.39, 0.29) is 0 Å². The van der Waals surface area contributed by atoms with Gasteiger partial charge in [-0.2, -0.15) is 5.26 Å². The average molecular weight is 535 g/mol. The molecule has 42 heavy (non-hydrogen) atoms. The standard InChI is InChI=1S/C38H22N4/c1-40-26-10-7-13-28(23-26)41-34-18-6-5-14-32(34)37-29(15-9-19-36(37)41)30-16-8-17-31-33-22-25(24-39)20-21-35(33)42(38(30)31)27-11-3-2-4-12-27/h2-23H. The molecular formula is C38H22N4. The fourth-order valence-corrected chi connectivity index (χ4v) is 6.42. The third kappa shape index (κ3) is 3.40. The average Bonchev–Trinajstić information content (AvgIpc) is 3.58. The van der Waals surface area contributed by atoms with Crippen LogP contribution >= 0.6 is 0 Å². The van der Waals surface area contributed by atoms with E-state index in [2.05, 4.69) is 117 Å². The zero-order valence-corrected chi connectivity index (χ0v) is 22.5. The van der Waals surface area contributed by atoms with Crippen molar-refractivity contribution in [1.29, 1.82) is 5.26 Å². The Hall–Kier alpha value is -6.10. The summed E-state index contributed by atoms with van der Waals surface area (Å²) in [5, 5.41) is 14.2. The first-order valence-corrected chi connectivity index (χ1v) is 13.8. The number of rotatable bonds is 3. The molecule has 0 saturated carbocycles. The molecule has 0 aliphatic carbocycles. The third-order valence-corrected chi connectivity index (χ3v) is 8.14. The monoisotopic (exact) mass is 534 g/mol. The summed E-state index contributed by atoms with van der Waals surface area (Å²) in [5.41, 5.74) is 9.90. The zero-order valence-electron chi connectivity index (χ0n) is 22.5. The van der Waals surface area contributed by atoms with Gasteiger partial charge in [0.15, 0.2) is 5.69 Å². The molecule has 0 radical (unpaired) electrons. The van der Waals surface area contributed by atoms with Crippen molar-refractivity contribution in [3.63, 3.8) is 0 Å². The first-order chi connectivity index (χ1) is 20.8. The molecule has 2 heterocycles. The van der Waals surface area contributed by atoms with E-state index in [4.69, 9.17) is 6.57 Å². The molecule has 4 nitrogen and oxygen atoms in total. The normalized spacial score (nSPS) is 11.3. The first kappa shape index (κ1) is 23.8. The van der Waals surface area contributed by atoms with Gasteiger partial charge in [-0.25, -0.2) is 4.85 Å². The lowest BCUT2D eigenvalue weighted by atomic mass is 9.97. The molecule has 0 bridgehead atoms. The predicted octanol–water partition coefficient (Wildman–Crippen LogP) is 9.97. The molecular weight excluding hydrogens is 512 g/mol. The number of fused-ring (bicyclic) bond motifs is 6. The molecule has 4 heteroatoms. The number of hydrogen-bond acceptors (Lipinski definition) is 1. The van der Waals surface area contributed by atoms with Crippen LogP contribution in [0.15, 0.2) is 133 Å². The highest BCUT2D eigenvalue weighted by atomic mass is 15.0. The van der Waals surface area contributed by atoms with Gasteiger partial charge < -0.3 is 9.13 Å². The molecule has 194 valence electrons. The second kappa shape index (κ2) is 9.24. The Balaban J connectivity index is 1.53. The van der Waals surface area contributed by atoms with E-state index < -0.39 is 0 Å². The Morgan fingerprint density at radius 2 is 1.24 bits per heavy atom. The summed E-state index contributed by atoms with van der Waals surface area (Å²) in [6, 6.07) is 47.9. The number of benzene rings is 6. The minimum atomic E-state index is 0.614. The summed E-state index contributed by atoms with van der Waals surface area (Å²) < 4.78 is 4.58. The first-order valence-electron chi connectivity index (χ1n) is 13.8. The van der Waals surface area contributed by atoms with Crippen molar-refractivity contribution in [2.24, 2.45) is 0 Å². The highest BCUT2D eigenvalue weighted by Crippen LogP contribution is 2.43. The Labute approximate surface area is 242 Å². The Morgan fingerprint density at radius 3 is 2.10 bits per heavy atom. The summed E-state index contributed by atoms with van der Waals surface area (Å²) in [7, 11) is 0. The molecule has 0 N–H and O–H groups in total. The zero-order chi connectivity index (χ0) is 28.2. The number of nitrogens with zero attached hydrogens (tertiary/aromatic N) is 4. The van der Waals surface area contributed by atoms with Crippen LogP contribution in [0.3, 0.4) is 0 Å². The number of aromatic nitrogens is 2. The molecule has 0 aliphatic heterocycles. The molecule has 0 saturated heterocycles. The lowest BCUT2D eigenvalue weighted by molar-refractivity contribution is 1.18. The van der Waals surface area contributed by atoms with E-state index in [1.807, 2.05) is 36.4 Å². The smallest absolute Gasteiger partial charge is 0.189 e. The van der Waals surface area contributed by atoms with Crippen molar-refractivity contribution in [3.8, 4) is 28.6 Å². The van der Waals surface area contributed by atoms with Gasteiger partial charge in [0.25, 0.3) is 0 Å². The van der Waals surface area contributed by atoms with E-state index >= 15 is 0 Å². The van der Waals surface area contributed by atoms with Gasteiger partial charge >= 0.3 is 0 Å². The van der Waals surface area contributed by atoms with Crippen molar-refractivity contribution >= 4 is 49.3 Å². The Bertz CT molecular complexity index is 2430. The Kier molecular flexibility index (Phi) is 5.22. The molecule has 0 unspecified atom stereocenters. The lowest BCUT2D eigenvalue weighted by Crippen LogP contribution is -1.96. The van der Waals surface area contributed by atoms with Gasteiger partial charge in [0, 0.05) is 38.5 Å². The fourth-order valence-electron chi connectivity index (χ4n) is 6.42. The summed E-state index contributed by atoms with van der Waals surface area (Å²) in [6.45, 7) is 7.57. The minimum Gasteiger partial charge on any atom is -0.310 e. The largest absolute Gasteiger partial charge is 0.310 e. The number of para-hydroxylation sites is 3. The van der Waals surface area contributed by atoms with Crippen LogP contribution in [0.25, 0.3) is 71.0 Å². The maximum atomic E-state index is 9.70. The van der Waals surface area contributed by atoms with Crippen molar-refractivity contribution in [1.82, 2.24) is 9.13 Å². The van der Waals surface area contributed by atoms with Crippen molar-refractivity contribution in [3.05, 3.63) is 150 Å². The number of nitriles is 1. The topological polar surface area (TPSA) is 38.0 Å². The molecule has 0 spiro atoms. The molecule has 0 aliphatic rings. The van der Waals surface area contributed by atoms with E-state index in [9.17, 15) is 5.26 Å². The van der Waals surface area contributed by atoms with Gasteiger partial charge in [-0.3, -0.25) is 0 Å². The van der Waals surface area contributed by atoms with Crippen LogP contribution < -0.4 is 0 Å². The van der Waals surface area contributed by atoms with Crippen molar-refractivity contribution in [2.45, 2.75) is 0 Å². The van der Waals surface area contributed by atoms with E-state index in [0.29, 0.717) is 11.3 Å². The predicted molar refractivity (Wildman–Crippen MR) is 172 cm³/mol. The second-order valence-corrected chi connectivity index (χ2v) is 10.4. The van der Waals surface area contributed by atoms with Gasteiger partial charge in [0.1, 0.15) is 0 Å². The van der Waals surface area contributed by atoms with Crippen LogP contribution in [0, 0.1) is 17.9 Å². The molecule has 0 amide bonds. The molecule has 6 aromatic carbocycles. The van der Waals surface area contributed by atoms with Crippen molar-refractivity contribution in [2.75, 3.05) is 0 Å². The summed E-state index contributed by atoms with van der Waals surface area (Å²) >= 11 is 0. The van der Waals surface area contributed by atoms with Crippen LogP contribution in [-0.2, 0) is 0 Å². The molecule has 2 aromatic heterocycles. The highest BCUT2D eigenvalue weighted by molar-refractivity contribution is 6.20. The quantitative estimate of drug-likeness (QED) is 0.208. The summed E-state index contributed by atoms with van der Waals surface area (Å²) in [6.07, 6.45) is 0. The van der Waals surface area contributed by atoms with Gasteiger partial charge in [0.2, 0.25) is 0 Å². The van der Waals surface area contributed by atoms with Crippen LogP contribution in [-0.4, -0.2) is 9.13 Å². The maximum Gasteiger partial charge on any atom is 0.189 e. The van der Waals surface area contributed by atoms with Crippen LogP contribution in [0.1, 0.15) is 5.56 Å². The van der Waals surface area contributed by atoms with Gasteiger partial charge in [-0.15, -0.1) is 0 Å². The minimum absolute atomic E-state index is 0.614. The third-order valence-electron chi connectivity index (χ3n) is 8.14.